The van der Waals surface area contributed by atoms with E-state index in [9.17, 15) is 9.50 Å². The topological polar surface area (TPSA) is 29.5 Å². The summed E-state index contributed by atoms with van der Waals surface area (Å²) in [7, 11) is 0. The molecule has 3 heteroatoms. The fourth-order valence-corrected chi connectivity index (χ4v) is 4.36. The molecule has 2 atom stereocenters. The van der Waals surface area contributed by atoms with Gasteiger partial charge in [-0.1, -0.05) is 18.1 Å². The number of aromatic hydroxyl groups is 1. The number of fused-ring (bicyclic) bond motifs is 3. The van der Waals surface area contributed by atoms with E-state index >= 15 is 0 Å². The number of hydrogen-bond acceptors (Lipinski definition) is 2. The summed E-state index contributed by atoms with van der Waals surface area (Å²) in [4.78, 5) is 0. The molecule has 1 aliphatic carbocycles. The Morgan fingerprint density at radius 2 is 2.04 bits per heavy atom. The molecule has 2 unspecified atom stereocenters. The van der Waals surface area contributed by atoms with Gasteiger partial charge < -0.3 is 9.84 Å². The summed E-state index contributed by atoms with van der Waals surface area (Å²) in [6.45, 7) is 6.25. The van der Waals surface area contributed by atoms with Gasteiger partial charge in [-0.05, 0) is 70.6 Å². The summed E-state index contributed by atoms with van der Waals surface area (Å²) in [6, 6.07) is 3.98. The molecule has 0 aromatic heterocycles. The van der Waals surface area contributed by atoms with Crippen LogP contribution in [0.1, 0.15) is 69.9 Å². The lowest BCUT2D eigenvalue weighted by Crippen LogP contribution is -2.45. The van der Waals surface area contributed by atoms with E-state index in [0.29, 0.717) is 24.0 Å². The van der Waals surface area contributed by atoms with Crippen molar-refractivity contribution in [3.63, 3.8) is 0 Å². The van der Waals surface area contributed by atoms with Crippen LogP contribution in [0.4, 0.5) is 4.39 Å². The molecule has 0 bridgehead atoms. The predicted molar refractivity (Wildman–Crippen MR) is 95.6 cm³/mol. The highest BCUT2D eigenvalue weighted by atomic mass is 19.1. The van der Waals surface area contributed by atoms with Crippen molar-refractivity contribution >= 4 is 0 Å². The van der Waals surface area contributed by atoms with Crippen LogP contribution >= 0.6 is 0 Å². The van der Waals surface area contributed by atoms with Crippen molar-refractivity contribution in [1.82, 2.24) is 0 Å². The highest BCUT2D eigenvalue weighted by molar-refractivity contribution is 5.52. The third kappa shape index (κ3) is 3.31. The van der Waals surface area contributed by atoms with Crippen LogP contribution in [0.25, 0.3) is 0 Å². The molecule has 2 aliphatic rings. The highest BCUT2D eigenvalue weighted by Crippen LogP contribution is 2.54. The molecule has 2 nitrogen and oxygen atoms in total. The molecule has 0 radical (unpaired) electrons. The van der Waals surface area contributed by atoms with Crippen LogP contribution in [0, 0.1) is 5.92 Å². The first-order valence-electron chi connectivity index (χ1n) is 9.19. The van der Waals surface area contributed by atoms with Crippen molar-refractivity contribution in [2.45, 2.75) is 70.8 Å². The molecule has 3 rings (SSSR count). The molecule has 1 heterocycles. The first-order chi connectivity index (χ1) is 11.4. The zero-order valence-corrected chi connectivity index (χ0v) is 15.1. The Balaban J connectivity index is 1.89. The number of halogens is 1. The van der Waals surface area contributed by atoms with Crippen LogP contribution in [0.15, 0.2) is 23.8 Å². The van der Waals surface area contributed by atoms with E-state index in [0.717, 1.165) is 49.0 Å². The van der Waals surface area contributed by atoms with Gasteiger partial charge in [0.25, 0.3) is 0 Å². The van der Waals surface area contributed by atoms with Gasteiger partial charge in [0.1, 0.15) is 17.1 Å². The summed E-state index contributed by atoms with van der Waals surface area (Å²) >= 11 is 0. The number of benzene rings is 1. The second kappa shape index (κ2) is 6.78. The summed E-state index contributed by atoms with van der Waals surface area (Å²) in [5.41, 5.74) is 3.24. The van der Waals surface area contributed by atoms with Gasteiger partial charge >= 0.3 is 0 Å². The van der Waals surface area contributed by atoms with Crippen LogP contribution in [0.2, 0.25) is 0 Å². The summed E-state index contributed by atoms with van der Waals surface area (Å²) < 4.78 is 18.5. The van der Waals surface area contributed by atoms with Crippen LogP contribution in [-0.2, 0) is 6.42 Å². The zero-order valence-electron chi connectivity index (χ0n) is 15.1. The first kappa shape index (κ1) is 17.3. The normalized spacial score (nSPS) is 24.6. The molecular weight excluding hydrogens is 303 g/mol. The Bertz CT molecular complexity index is 633. The second-order valence-electron chi connectivity index (χ2n) is 7.94. The summed E-state index contributed by atoms with van der Waals surface area (Å²) in [6.07, 6.45) is 7.62. The predicted octanol–water partition coefficient (Wildman–Crippen LogP) is 5.69. The van der Waals surface area contributed by atoms with Gasteiger partial charge in [0.05, 0.1) is 6.67 Å². The Morgan fingerprint density at radius 3 is 2.79 bits per heavy atom. The SMILES string of the molecule is CC1=CCC2C(C1)c1c(O)cc(CCCCCF)cc1OC2(C)C. The number of aryl methyl sites for hydroxylation is 1. The summed E-state index contributed by atoms with van der Waals surface area (Å²) in [5, 5.41) is 10.7. The Hall–Kier alpha value is -1.51. The molecular formula is C21H29FO2. The summed E-state index contributed by atoms with van der Waals surface area (Å²) in [5.74, 6) is 1.94. The fourth-order valence-electron chi connectivity index (χ4n) is 4.36. The van der Waals surface area contributed by atoms with E-state index in [1.807, 2.05) is 6.07 Å². The fraction of sp³-hybridized carbons (Fsp3) is 0.619. The monoisotopic (exact) mass is 332 g/mol. The molecule has 132 valence electrons. The Labute approximate surface area is 144 Å². The first-order valence-corrected chi connectivity index (χ1v) is 9.19. The Morgan fingerprint density at radius 1 is 1.25 bits per heavy atom. The minimum atomic E-state index is -0.247. The number of unbranched alkanes of at least 4 members (excludes halogenated alkanes) is 2. The van der Waals surface area contributed by atoms with Crippen molar-refractivity contribution in [1.29, 1.82) is 0 Å². The van der Waals surface area contributed by atoms with Gasteiger partial charge in [0.15, 0.2) is 0 Å². The van der Waals surface area contributed by atoms with E-state index < -0.39 is 0 Å². The molecule has 0 saturated heterocycles. The average molecular weight is 332 g/mol. The third-order valence-corrected chi connectivity index (χ3v) is 5.66. The molecule has 0 fully saturated rings. The second-order valence-corrected chi connectivity index (χ2v) is 7.94. The molecule has 0 spiro atoms. The smallest absolute Gasteiger partial charge is 0.127 e. The Kier molecular flexibility index (Phi) is 4.89. The van der Waals surface area contributed by atoms with Crippen LogP contribution in [-0.4, -0.2) is 17.4 Å². The third-order valence-electron chi connectivity index (χ3n) is 5.66. The molecule has 0 amide bonds. The van der Waals surface area contributed by atoms with Crippen molar-refractivity contribution in [3.8, 4) is 11.5 Å². The van der Waals surface area contributed by atoms with E-state index in [1.165, 1.54) is 5.57 Å². The lowest BCUT2D eigenvalue weighted by molar-refractivity contribution is 0.00753. The lowest BCUT2D eigenvalue weighted by Gasteiger charge is -2.47. The quantitative estimate of drug-likeness (QED) is 0.555. The highest BCUT2D eigenvalue weighted by Gasteiger charge is 2.45. The molecule has 24 heavy (non-hydrogen) atoms. The van der Waals surface area contributed by atoms with Crippen molar-refractivity contribution < 1.29 is 14.2 Å². The number of hydrogen-bond donors (Lipinski definition) is 1. The van der Waals surface area contributed by atoms with E-state index in [2.05, 4.69) is 32.9 Å². The average Bonchev–Trinajstić information content (AvgIpc) is 2.50. The molecule has 1 aliphatic heterocycles. The lowest BCUT2D eigenvalue weighted by atomic mass is 9.67. The van der Waals surface area contributed by atoms with Gasteiger partial charge in [-0.15, -0.1) is 0 Å². The van der Waals surface area contributed by atoms with Crippen molar-refractivity contribution in [2.75, 3.05) is 6.67 Å². The number of phenolic OH excluding ortho intramolecular Hbond substituents is 1. The van der Waals surface area contributed by atoms with Gasteiger partial charge in [0, 0.05) is 17.4 Å². The number of alkyl halides is 1. The van der Waals surface area contributed by atoms with Crippen LogP contribution in [0.5, 0.6) is 11.5 Å². The van der Waals surface area contributed by atoms with Crippen molar-refractivity contribution in [3.05, 3.63) is 34.9 Å². The maximum absolute atomic E-state index is 12.2. The zero-order chi connectivity index (χ0) is 17.3. The van der Waals surface area contributed by atoms with Gasteiger partial charge in [-0.25, -0.2) is 0 Å². The van der Waals surface area contributed by atoms with Crippen LogP contribution < -0.4 is 4.74 Å². The van der Waals surface area contributed by atoms with Gasteiger partial charge in [-0.2, -0.15) is 0 Å². The molecule has 1 aromatic rings. The molecule has 0 saturated carbocycles. The largest absolute Gasteiger partial charge is 0.508 e. The number of ether oxygens (including phenoxy) is 1. The van der Waals surface area contributed by atoms with E-state index in [4.69, 9.17) is 4.74 Å². The van der Waals surface area contributed by atoms with Crippen molar-refractivity contribution in [2.24, 2.45) is 5.92 Å². The van der Waals surface area contributed by atoms with Gasteiger partial charge in [-0.3, -0.25) is 4.39 Å². The van der Waals surface area contributed by atoms with E-state index in [1.54, 1.807) is 0 Å². The number of phenols is 1. The molecule has 1 aromatic carbocycles. The van der Waals surface area contributed by atoms with E-state index in [-0.39, 0.29) is 12.3 Å². The maximum atomic E-state index is 12.2. The minimum Gasteiger partial charge on any atom is -0.508 e. The standard InChI is InChI=1S/C21H29FO2/c1-14-8-9-17-16(11-14)20-18(23)12-15(7-5-4-6-10-22)13-19(20)24-21(17,2)3/h8,12-13,16-17,23H,4-7,9-11H2,1-3H3. The van der Waals surface area contributed by atoms with Crippen LogP contribution in [0.3, 0.4) is 0 Å². The maximum Gasteiger partial charge on any atom is 0.127 e. The number of allylic oxidation sites excluding steroid dienone is 2. The molecule has 1 N–H and O–H groups in total. The minimum absolute atomic E-state index is 0.228. The number of rotatable bonds is 5. The van der Waals surface area contributed by atoms with Gasteiger partial charge in [0.2, 0.25) is 0 Å².